The number of thiazole rings is 1. The first-order valence-corrected chi connectivity index (χ1v) is 12.2. The van der Waals surface area contributed by atoms with E-state index in [1.165, 1.54) is 49.0 Å². The quantitative estimate of drug-likeness (QED) is 0.774. The van der Waals surface area contributed by atoms with Gasteiger partial charge in [0.2, 0.25) is 5.91 Å². The van der Waals surface area contributed by atoms with Gasteiger partial charge < -0.3 is 15.1 Å². The molecule has 1 N–H and O–H groups in total. The molecule has 0 unspecified atom stereocenters. The van der Waals surface area contributed by atoms with Gasteiger partial charge in [0, 0.05) is 32.1 Å². The molecule has 0 saturated carbocycles. The third kappa shape index (κ3) is 5.28. The smallest absolute Gasteiger partial charge is 0.223 e. The van der Waals surface area contributed by atoms with Crippen LogP contribution in [0.1, 0.15) is 51.0 Å². The largest absolute Gasteiger partial charge is 0.355 e. The Kier molecular flexibility index (Phi) is 7.03. The number of hydrogen-bond acceptors (Lipinski definition) is 5. The number of piperidine rings is 1. The fourth-order valence-electron chi connectivity index (χ4n) is 4.49. The summed E-state index contributed by atoms with van der Waals surface area (Å²) in [7, 11) is 0. The van der Waals surface area contributed by atoms with Crippen molar-refractivity contribution < 1.29 is 4.79 Å². The standard InChI is InChI=1S/C23H34N4OS/c1-2-18-7-8-20-21(17-18)29-23(25-20)27-14-9-19(10-15-27)22(28)24-11-16-26-12-5-3-4-6-13-26/h7-8,17,19H,2-6,9-16H2,1H3,(H,24,28). The van der Waals surface area contributed by atoms with E-state index in [0.29, 0.717) is 0 Å². The van der Waals surface area contributed by atoms with E-state index < -0.39 is 0 Å². The van der Waals surface area contributed by atoms with Crippen molar-refractivity contribution in [2.45, 2.75) is 51.9 Å². The van der Waals surface area contributed by atoms with Crippen molar-refractivity contribution >= 4 is 32.6 Å². The third-order valence-corrected chi connectivity index (χ3v) is 7.49. The molecule has 0 bridgehead atoms. The monoisotopic (exact) mass is 414 g/mol. The van der Waals surface area contributed by atoms with Crippen LogP contribution in [0.25, 0.3) is 10.2 Å². The number of carbonyl (C=O) groups excluding carboxylic acids is 1. The Hall–Kier alpha value is -1.66. The predicted octanol–water partition coefficient (Wildman–Crippen LogP) is 4.07. The number of rotatable bonds is 6. The minimum atomic E-state index is 0.149. The molecule has 3 heterocycles. The second kappa shape index (κ2) is 9.90. The van der Waals surface area contributed by atoms with Gasteiger partial charge in [-0.15, -0.1) is 0 Å². The molecular weight excluding hydrogens is 380 g/mol. The fraction of sp³-hybridized carbons (Fsp3) is 0.652. The number of amides is 1. The van der Waals surface area contributed by atoms with E-state index in [-0.39, 0.29) is 11.8 Å². The Morgan fingerprint density at radius 1 is 1.14 bits per heavy atom. The molecule has 5 nitrogen and oxygen atoms in total. The lowest BCUT2D eigenvalue weighted by Crippen LogP contribution is -2.42. The molecule has 158 valence electrons. The zero-order valence-electron chi connectivity index (χ0n) is 17.7. The Balaban J connectivity index is 1.24. The number of fused-ring (bicyclic) bond motifs is 1. The summed E-state index contributed by atoms with van der Waals surface area (Å²) in [6, 6.07) is 6.58. The van der Waals surface area contributed by atoms with E-state index in [1.807, 2.05) is 0 Å². The number of carbonyl (C=O) groups is 1. The first-order chi connectivity index (χ1) is 14.2. The molecular formula is C23H34N4OS. The molecule has 2 aliphatic rings. The SMILES string of the molecule is CCc1ccc2nc(N3CCC(C(=O)NCCN4CCCCCC4)CC3)sc2c1. The maximum atomic E-state index is 12.6. The minimum Gasteiger partial charge on any atom is -0.355 e. The minimum absolute atomic E-state index is 0.149. The molecule has 2 fully saturated rings. The van der Waals surface area contributed by atoms with Crippen LogP contribution in [0.3, 0.4) is 0 Å². The van der Waals surface area contributed by atoms with E-state index in [1.54, 1.807) is 11.3 Å². The first kappa shape index (κ1) is 20.6. The molecule has 1 aromatic heterocycles. The van der Waals surface area contributed by atoms with Crippen molar-refractivity contribution in [2.24, 2.45) is 5.92 Å². The molecule has 0 radical (unpaired) electrons. The molecule has 2 aliphatic heterocycles. The van der Waals surface area contributed by atoms with E-state index in [2.05, 4.69) is 40.2 Å². The topological polar surface area (TPSA) is 48.5 Å². The highest BCUT2D eigenvalue weighted by Crippen LogP contribution is 2.32. The van der Waals surface area contributed by atoms with Gasteiger partial charge >= 0.3 is 0 Å². The number of aromatic nitrogens is 1. The van der Waals surface area contributed by atoms with Crippen molar-refractivity contribution in [3.05, 3.63) is 23.8 Å². The first-order valence-electron chi connectivity index (χ1n) is 11.4. The van der Waals surface area contributed by atoms with Crippen molar-refractivity contribution in [3.8, 4) is 0 Å². The Morgan fingerprint density at radius 3 is 2.62 bits per heavy atom. The van der Waals surface area contributed by atoms with Gasteiger partial charge in [0.1, 0.15) is 0 Å². The second-order valence-corrected chi connectivity index (χ2v) is 9.47. The average Bonchev–Trinajstić information content (AvgIpc) is 3.01. The second-order valence-electron chi connectivity index (χ2n) is 8.46. The average molecular weight is 415 g/mol. The number of anilines is 1. The Labute approximate surface area is 178 Å². The number of aryl methyl sites for hydroxylation is 1. The van der Waals surface area contributed by atoms with Gasteiger partial charge in [-0.05, 0) is 62.9 Å². The highest BCUT2D eigenvalue weighted by atomic mass is 32.1. The molecule has 2 saturated heterocycles. The summed E-state index contributed by atoms with van der Waals surface area (Å²) in [5, 5.41) is 4.30. The van der Waals surface area contributed by atoms with Gasteiger partial charge in [0.25, 0.3) is 0 Å². The van der Waals surface area contributed by atoms with Crippen LogP contribution < -0.4 is 10.2 Å². The molecule has 1 amide bonds. The Morgan fingerprint density at radius 2 is 1.90 bits per heavy atom. The van der Waals surface area contributed by atoms with Crippen LogP contribution in [0.4, 0.5) is 5.13 Å². The highest BCUT2D eigenvalue weighted by molar-refractivity contribution is 7.22. The lowest BCUT2D eigenvalue weighted by atomic mass is 9.96. The molecule has 2 aromatic rings. The summed E-state index contributed by atoms with van der Waals surface area (Å²) < 4.78 is 1.27. The van der Waals surface area contributed by atoms with Crippen molar-refractivity contribution in [1.29, 1.82) is 0 Å². The third-order valence-electron chi connectivity index (χ3n) is 6.41. The van der Waals surface area contributed by atoms with Gasteiger partial charge in [-0.3, -0.25) is 4.79 Å². The van der Waals surface area contributed by atoms with Crippen LogP contribution in [-0.4, -0.2) is 55.1 Å². The number of likely N-dealkylation sites (tertiary alicyclic amines) is 1. The van der Waals surface area contributed by atoms with Gasteiger partial charge in [-0.2, -0.15) is 0 Å². The summed E-state index contributed by atoms with van der Waals surface area (Å²) in [4.78, 5) is 22.3. The molecule has 29 heavy (non-hydrogen) atoms. The number of nitrogens with zero attached hydrogens (tertiary/aromatic N) is 3. The van der Waals surface area contributed by atoms with Gasteiger partial charge in [0.15, 0.2) is 5.13 Å². The van der Waals surface area contributed by atoms with Gasteiger partial charge in [0.05, 0.1) is 10.2 Å². The number of benzene rings is 1. The van der Waals surface area contributed by atoms with Crippen LogP contribution >= 0.6 is 11.3 Å². The Bertz CT molecular complexity index is 804. The van der Waals surface area contributed by atoms with Crippen molar-refractivity contribution in [1.82, 2.24) is 15.2 Å². The van der Waals surface area contributed by atoms with Gasteiger partial charge in [-0.1, -0.05) is 37.2 Å². The van der Waals surface area contributed by atoms with Crippen LogP contribution in [-0.2, 0) is 11.2 Å². The van der Waals surface area contributed by atoms with Crippen molar-refractivity contribution in [3.63, 3.8) is 0 Å². The fourth-order valence-corrected chi connectivity index (χ4v) is 5.57. The summed E-state index contributed by atoms with van der Waals surface area (Å²) >= 11 is 1.78. The molecule has 0 atom stereocenters. The molecule has 1 aromatic carbocycles. The zero-order chi connectivity index (χ0) is 20.1. The molecule has 6 heteroatoms. The summed E-state index contributed by atoms with van der Waals surface area (Å²) in [6.45, 7) is 8.20. The lowest BCUT2D eigenvalue weighted by molar-refractivity contribution is -0.125. The maximum absolute atomic E-state index is 12.6. The van der Waals surface area contributed by atoms with Crippen LogP contribution in [0, 0.1) is 5.92 Å². The predicted molar refractivity (Wildman–Crippen MR) is 122 cm³/mol. The van der Waals surface area contributed by atoms with Crippen molar-refractivity contribution in [2.75, 3.05) is 44.2 Å². The molecule has 0 spiro atoms. The van der Waals surface area contributed by atoms with Crippen LogP contribution in [0.5, 0.6) is 0 Å². The lowest BCUT2D eigenvalue weighted by Gasteiger charge is -2.31. The summed E-state index contributed by atoms with van der Waals surface area (Å²) in [5.41, 5.74) is 2.46. The van der Waals surface area contributed by atoms with E-state index >= 15 is 0 Å². The summed E-state index contributed by atoms with van der Waals surface area (Å²) in [5.74, 6) is 0.396. The highest BCUT2D eigenvalue weighted by Gasteiger charge is 2.26. The van der Waals surface area contributed by atoms with Crippen LogP contribution in [0.2, 0.25) is 0 Å². The molecule has 0 aliphatic carbocycles. The number of hydrogen-bond donors (Lipinski definition) is 1. The molecule has 4 rings (SSSR count). The van der Waals surface area contributed by atoms with E-state index in [9.17, 15) is 4.79 Å². The van der Waals surface area contributed by atoms with E-state index in [4.69, 9.17) is 4.98 Å². The maximum Gasteiger partial charge on any atom is 0.223 e. The van der Waals surface area contributed by atoms with Gasteiger partial charge in [-0.25, -0.2) is 4.98 Å². The summed E-state index contributed by atoms with van der Waals surface area (Å²) in [6.07, 6.45) is 8.22. The zero-order valence-corrected chi connectivity index (χ0v) is 18.5. The van der Waals surface area contributed by atoms with Crippen LogP contribution in [0.15, 0.2) is 18.2 Å². The normalized spacial score (nSPS) is 19.4. The number of nitrogens with one attached hydrogen (secondary N) is 1. The van der Waals surface area contributed by atoms with E-state index in [0.717, 1.165) is 56.1 Å².